The summed E-state index contributed by atoms with van der Waals surface area (Å²) in [7, 11) is 0. The maximum Gasteiger partial charge on any atom is 0.573 e. The quantitative estimate of drug-likeness (QED) is 0.590. The van der Waals surface area contributed by atoms with Gasteiger partial charge in [-0.05, 0) is 30.3 Å². The van der Waals surface area contributed by atoms with Crippen molar-refractivity contribution in [2.45, 2.75) is 6.36 Å². The zero-order chi connectivity index (χ0) is 17.7. The Kier molecular flexibility index (Phi) is 4.93. The molecule has 2 aromatic carbocycles. The highest BCUT2D eigenvalue weighted by molar-refractivity contribution is 5.97. The normalized spacial score (nSPS) is 11.5. The predicted octanol–water partition coefficient (Wildman–Crippen LogP) is 2.76. The number of hydrazone groups is 1. The number of para-hydroxylation sites is 1. The first-order chi connectivity index (χ1) is 11.3. The van der Waals surface area contributed by atoms with Crippen LogP contribution < -0.4 is 10.2 Å². The summed E-state index contributed by atoms with van der Waals surface area (Å²) >= 11 is 0. The Morgan fingerprint density at radius 3 is 2.50 bits per heavy atom. The standard InChI is InChI=1S/C15H11F3N2O4/c16-15(17,18)24-10-5-6-12(21)9(7-10)8-19-20-14(23)11-3-1-2-4-13(11)22/h1-8,21-22H,(H,20,23)/b19-8+. The van der Waals surface area contributed by atoms with Crippen molar-refractivity contribution in [3.05, 3.63) is 53.6 Å². The van der Waals surface area contributed by atoms with Crippen LogP contribution >= 0.6 is 0 Å². The van der Waals surface area contributed by atoms with E-state index in [2.05, 4.69) is 15.3 Å². The van der Waals surface area contributed by atoms with Gasteiger partial charge in [-0.2, -0.15) is 5.10 Å². The zero-order valence-corrected chi connectivity index (χ0v) is 11.9. The van der Waals surface area contributed by atoms with E-state index in [1.165, 1.54) is 24.3 Å². The third-order valence-electron chi connectivity index (χ3n) is 2.75. The number of rotatable bonds is 4. The van der Waals surface area contributed by atoms with Crippen molar-refractivity contribution in [3.8, 4) is 17.2 Å². The summed E-state index contributed by atoms with van der Waals surface area (Å²) < 4.78 is 40.2. The van der Waals surface area contributed by atoms with Gasteiger partial charge in [0.2, 0.25) is 0 Å². The lowest BCUT2D eigenvalue weighted by Crippen LogP contribution is -2.18. The van der Waals surface area contributed by atoms with Crippen molar-refractivity contribution in [2.24, 2.45) is 5.10 Å². The molecular formula is C15H11F3N2O4. The Balaban J connectivity index is 2.10. The van der Waals surface area contributed by atoms with E-state index >= 15 is 0 Å². The number of halogens is 3. The number of amides is 1. The van der Waals surface area contributed by atoms with E-state index in [0.717, 1.165) is 24.4 Å². The van der Waals surface area contributed by atoms with E-state index in [0.29, 0.717) is 0 Å². The number of aromatic hydroxyl groups is 2. The second kappa shape index (κ2) is 6.90. The number of hydrogen-bond donors (Lipinski definition) is 3. The van der Waals surface area contributed by atoms with E-state index in [9.17, 15) is 28.2 Å². The van der Waals surface area contributed by atoms with Crippen LogP contribution in [0.4, 0.5) is 13.2 Å². The summed E-state index contributed by atoms with van der Waals surface area (Å²) in [6, 6.07) is 8.55. The van der Waals surface area contributed by atoms with Crippen molar-refractivity contribution < 1.29 is 32.9 Å². The molecule has 6 nitrogen and oxygen atoms in total. The van der Waals surface area contributed by atoms with Gasteiger partial charge < -0.3 is 14.9 Å². The van der Waals surface area contributed by atoms with Gasteiger partial charge in [-0.3, -0.25) is 4.79 Å². The third-order valence-corrected chi connectivity index (χ3v) is 2.75. The summed E-state index contributed by atoms with van der Waals surface area (Å²) in [5.74, 6) is -1.89. The molecule has 0 aliphatic rings. The van der Waals surface area contributed by atoms with Gasteiger partial charge in [-0.1, -0.05) is 12.1 Å². The minimum Gasteiger partial charge on any atom is -0.507 e. The number of ether oxygens (including phenoxy) is 1. The lowest BCUT2D eigenvalue weighted by Gasteiger charge is -2.09. The Labute approximate surface area is 133 Å². The molecule has 9 heteroatoms. The SMILES string of the molecule is O=C(N/N=C/c1cc(OC(F)(F)F)ccc1O)c1ccccc1O. The minimum absolute atomic E-state index is 0.0342. The van der Waals surface area contributed by atoms with E-state index in [1.807, 2.05) is 0 Å². The summed E-state index contributed by atoms with van der Waals surface area (Å²) in [5, 5.41) is 22.6. The number of carbonyl (C=O) groups excluding carboxylic acids is 1. The molecule has 1 amide bonds. The topological polar surface area (TPSA) is 91.2 Å². The molecule has 2 rings (SSSR count). The second-order valence-corrected chi connectivity index (χ2v) is 4.48. The van der Waals surface area contributed by atoms with Crippen LogP contribution in [0.25, 0.3) is 0 Å². The van der Waals surface area contributed by atoms with Crippen molar-refractivity contribution in [1.82, 2.24) is 5.43 Å². The van der Waals surface area contributed by atoms with Gasteiger partial charge in [-0.25, -0.2) is 5.43 Å². The molecule has 0 saturated heterocycles. The molecule has 0 spiro atoms. The highest BCUT2D eigenvalue weighted by Gasteiger charge is 2.31. The summed E-state index contributed by atoms with van der Waals surface area (Å²) in [4.78, 5) is 11.8. The van der Waals surface area contributed by atoms with Crippen molar-refractivity contribution in [2.75, 3.05) is 0 Å². The molecule has 126 valence electrons. The number of nitrogens with one attached hydrogen (secondary N) is 1. The van der Waals surface area contributed by atoms with Crippen molar-refractivity contribution in [3.63, 3.8) is 0 Å². The summed E-state index contributed by atoms with van der Waals surface area (Å²) in [6.45, 7) is 0. The predicted molar refractivity (Wildman–Crippen MR) is 78.0 cm³/mol. The van der Waals surface area contributed by atoms with Crippen LogP contribution in [-0.4, -0.2) is 28.7 Å². The van der Waals surface area contributed by atoms with E-state index < -0.39 is 18.0 Å². The third kappa shape index (κ3) is 4.63. The lowest BCUT2D eigenvalue weighted by molar-refractivity contribution is -0.274. The zero-order valence-electron chi connectivity index (χ0n) is 11.9. The molecule has 3 N–H and O–H groups in total. The van der Waals surface area contributed by atoms with Gasteiger partial charge in [0, 0.05) is 5.56 Å². The molecule has 0 fully saturated rings. The molecule has 0 aromatic heterocycles. The van der Waals surface area contributed by atoms with Crippen LogP contribution in [0, 0.1) is 0 Å². The maximum absolute atomic E-state index is 12.2. The van der Waals surface area contributed by atoms with E-state index in [-0.39, 0.29) is 22.6 Å². The molecule has 0 aliphatic carbocycles. The summed E-state index contributed by atoms with van der Waals surface area (Å²) in [6.07, 6.45) is -3.93. The average Bonchev–Trinajstić information content (AvgIpc) is 2.49. The fourth-order valence-corrected chi connectivity index (χ4v) is 1.72. The van der Waals surface area contributed by atoms with Gasteiger partial charge in [0.05, 0.1) is 11.8 Å². The number of alkyl halides is 3. The van der Waals surface area contributed by atoms with Gasteiger partial charge in [-0.15, -0.1) is 13.2 Å². The van der Waals surface area contributed by atoms with E-state index in [4.69, 9.17) is 0 Å². The molecule has 2 aromatic rings. The van der Waals surface area contributed by atoms with Crippen LogP contribution in [0.3, 0.4) is 0 Å². The molecule has 24 heavy (non-hydrogen) atoms. The Morgan fingerprint density at radius 2 is 1.83 bits per heavy atom. The Morgan fingerprint density at radius 1 is 1.12 bits per heavy atom. The highest BCUT2D eigenvalue weighted by Crippen LogP contribution is 2.26. The van der Waals surface area contributed by atoms with Crippen LogP contribution in [0.2, 0.25) is 0 Å². The Bertz CT molecular complexity index is 776. The molecule has 0 aliphatic heterocycles. The Hall–Kier alpha value is -3.23. The first-order valence-corrected chi connectivity index (χ1v) is 6.46. The van der Waals surface area contributed by atoms with Crippen LogP contribution in [-0.2, 0) is 0 Å². The summed E-state index contributed by atoms with van der Waals surface area (Å²) in [5.41, 5.74) is 1.94. The second-order valence-electron chi connectivity index (χ2n) is 4.48. The number of hydrogen-bond acceptors (Lipinski definition) is 5. The van der Waals surface area contributed by atoms with Gasteiger partial charge >= 0.3 is 6.36 Å². The van der Waals surface area contributed by atoms with Gasteiger partial charge in [0.15, 0.2) is 0 Å². The fraction of sp³-hybridized carbons (Fsp3) is 0.0667. The largest absolute Gasteiger partial charge is 0.573 e. The molecular weight excluding hydrogens is 329 g/mol. The van der Waals surface area contributed by atoms with Gasteiger partial charge in [0.25, 0.3) is 5.91 Å². The highest BCUT2D eigenvalue weighted by atomic mass is 19.4. The molecule has 0 bridgehead atoms. The number of phenols is 2. The fourth-order valence-electron chi connectivity index (χ4n) is 1.72. The number of benzene rings is 2. The first-order valence-electron chi connectivity index (χ1n) is 6.46. The average molecular weight is 340 g/mol. The monoisotopic (exact) mass is 340 g/mol. The lowest BCUT2D eigenvalue weighted by atomic mass is 10.2. The van der Waals surface area contributed by atoms with Crippen molar-refractivity contribution >= 4 is 12.1 Å². The smallest absolute Gasteiger partial charge is 0.507 e. The molecule has 0 unspecified atom stereocenters. The number of phenolic OH excluding ortho intramolecular Hbond substituents is 2. The van der Waals surface area contributed by atoms with Crippen LogP contribution in [0.5, 0.6) is 17.2 Å². The van der Waals surface area contributed by atoms with Gasteiger partial charge in [0.1, 0.15) is 17.2 Å². The molecule has 0 radical (unpaired) electrons. The van der Waals surface area contributed by atoms with E-state index in [1.54, 1.807) is 0 Å². The maximum atomic E-state index is 12.2. The van der Waals surface area contributed by atoms with Crippen molar-refractivity contribution in [1.29, 1.82) is 0 Å². The molecule has 0 saturated carbocycles. The molecule has 0 atom stereocenters. The first kappa shape index (κ1) is 17.1. The number of carbonyl (C=O) groups is 1. The van der Waals surface area contributed by atoms with Crippen LogP contribution in [0.15, 0.2) is 47.6 Å². The minimum atomic E-state index is -4.87. The number of nitrogens with zero attached hydrogens (tertiary/aromatic N) is 1. The molecule has 0 heterocycles. The van der Waals surface area contributed by atoms with Crippen LogP contribution in [0.1, 0.15) is 15.9 Å².